The van der Waals surface area contributed by atoms with Crippen molar-refractivity contribution in [2.75, 3.05) is 6.54 Å². The Kier molecular flexibility index (Phi) is 5.53. The Morgan fingerprint density at radius 1 is 1.40 bits per heavy atom. The minimum absolute atomic E-state index is 0.877. The fourth-order valence-electron chi connectivity index (χ4n) is 0.751. The summed E-state index contributed by atoms with van der Waals surface area (Å²) in [6.45, 7) is 0.282. The number of carbonyl (C=O) groups excluding carboxylic acids is 1. The Hall–Kier alpha value is -1.44. The van der Waals surface area contributed by atoms with Gasteiger partial charge in [0.15, 0.2) is 6.04 Å². The molecule has 0 aliphatic heterocycles. The standard InChI is InChI=1S/C7H12F2N2O4/c1-3(12)5(6(13)14)11-7(15)10-2-4(8)9/h3-5,12H,2H2,1H3,(H,13,14)(H2,10,11,15). The third-order valence-electron chi connectivity index (χ3n) is 1.45. The van der Waals surface area contributed by atoms with Gasteiger partial charge < -0.3 is 20.8 Å². The smallest absolute Gasteiger partial charge is 0.328 e. The molecule has 0 saturated heterocycles. The lowest BCUT2D eigenvalue weighted by Gasteiger charge is -2.17. The zero-order valence-corrected chi connectivity index (χ0v) is 7.91. The number of aliphatic hydroxyl groups is 1. The molecule has 0 aliphatic rings. The first kappa shape index (κ1) is 13.6. The van der Waals surface area contributed by atoms with Gasteiger partial charge in [-0.1, -0.05) is 0 Å². The zero-order chi connectivity index (χ0) is 12.0. The van der Waals surface area contributed by atoms with Crippen LogP contribution in [-0.4, -0.2) is 47.3 Å². The highest BCUT2D eigenvalue weighted by atomic mass is 19.3. The lowest BCUT2D eigenvalue weighted by atomic mass is 10.2. The Morgan fingerprint density at radius 2 is 1.93 bits per heavy atom. The summed E-state index contributed by atoms with van der Waals surface area (Å²) in [6.07, 6.45) is -4.04. The minimum Gasteiger partial charge on any atom is -0.480 e. The number of carboxylic acids is 1. The number of nitrogens with one attached hydrogen (secondary N) is 2. The summed E-state index contributed by atoms with van der Waals surface area (Å²) in [7, 11) is 0. The number of amides is 2. The van der Waals surface area contributed by atoms with Crippen molar-refractivity contribution in [2.45, 2.75) is 25.5 Å². The first-order chi connectivity index (χ1) is 6.84. The third-order valence-corrected chi connectivity index (χ3v) is 1.45. The van der Waals surface area contributed by atoms with E-state index in [0.717, 1.165) is 6.92 Å². The van der Waals surface area contributed by atoms with Crippen molar-refractivity contribution in [3.63, 3.8) is 0 Å². The van der Waals surface area contributed by atoms with E-state index in [-0.39, 0.29) is 0 Å². The van der Waals surface area contributed by atoms with Crippen molar-refractivity contribution in [3.05, 3.63) is 0 Å². The van der Waals surface area contributed by atoms with Crippen LogP contribution in [0, 0.1) is 0 Å². The van der Waals surface area contributed by atoms with E-state index in [1.807, 2.05) is 5.32 Å². The largest absolute Gasteiger partial charge is 0.480 e. The van der Waals surface area contributed by atoms with Crippen LogP contribution in [0.4, 0.5) is 13.6 Å². The summed E-state index contributed by atoms with van der Waals surface area (Å²) in [4.78, 5) is 21.3. The maximum absolute atomic E-state index is 11.6. The van der Waals surface area contributed by atoms with Crippen molar-refractivity contribution >= 4 is 12.0 Å². The van der Waals surface area contributed by atoms with Gasteiger partial charge in [-0.05, 0) is 6.92 Å². The molecule has 8 heteroatoms. The Balaban J connectivity index is 4.07. The topological polar surface area (TPSA) is 98.7 Å². The van der Waals surface area contributed by atoms with Crippen LogP contribution in [0.1, 0.15) is 6.92 Å². The molecule has 2 amide bonds. The first-order valence-electron chi connectivity index (χ1n) is 4.08. The lowest BCUT2D eigenvalue weighted by Crippen LogP contribution is -2.51. The molecule has 0 aliphatic carbocycles. The molecular weight excluding hydrogens is 214 g/mol. The van der Waals surface area contributed by atoms with Crippen LogP contribution in [0.25, 0.3) is 0 Å². The highest BCUT2D eigenvalue weighted by Crippen LogP contribution is 1.93. The number of carboxylic acid groups (broad SMARTS) is 1. The average molecular weight is 226 g/mol. The van der Waals surface area contributed by atoms with E-state index in [2.05, 4.69) is 0 Å². The predicted molar refractivity (Wildman–Crippen MR) is 45.6 cm³/mol. The van der Waals surface area contributed by atoms with E-state index in [1.165, 1.54) is 0 Å². The van der Waals surface area contributed by atoms with Crippen LogP contribution in [0.15, 0.2) is 0 Å². The van der Waals surface area contributed by atoms with E-state index in [0.29, 0.717) is 0 Å². The molecule has 0 saturated carbocycles. The molecule has 4 N–H and O–H groups in total. The molecule has 6 nitrogen and oxygen atoms in total. The maximum Gasteiger partial charge on any atom is 0.328 e. The fourth-order valence-corrected chi connectivity index (χ4v) is 0.751. The van der Waals surface area contributed by atoms with Crippen LogP contribution < -0.4 is 10.6 Å². The number of halogens is 2. The van der Waals surface area contributed by atoms with E-state index >= 15 is 0 Å². The summed E-state index contributed by atoms with van der Waals surface area (Å²) in [5, 5.41) is 21.0. The van der Waals surface area contributed by atoms with Crippen molar-refractivity contribution in [1.82, 2.24) is 10.6 Å². The molecule has 88 valence electrons. The van der Waals surface area contributed by atoms with Crippen molar-refractivity contribution in [1.29, 1.82) is 0 Å². The third kappa shape index (κ3) is 5.78. The molecule has 0 heterocycles. The van der Waals surface area contributed by atoms with Crippen LogP contribution in [0.5, 0.6) is 0 Å². The summed E-state index contributed by atoms with van der Waals surface area (Å²) < 4.78 is 23.3. The van der Waals surface area contributed by atoms with Gasteiger partial charge in [0.25, 0.3) is 6.43 Å². The van der Waals surface area contributed by atoms with Crippen LogP contribution in [0.3, 0.4) is 0 Å². The van der Waals surface area contributed by atoms with Crippen molar-refractivity contribution in [3.8, 4) is 0 Å². The number of aliphatic carboxylic acids is 1. The SMILES string of the molecule is CC(O)C(NC(=O)NCC(F)F)C(=O)O. The van der Waals surface area contributed by atoms with Gasteiger partial charge in [0, 0.05) is 0 Å². The molecule has 0 fully saturated rings. The highest BCUT2D eigenvalue weighted by molar-refractivity contribution is 5.82. The highest BCUT2D eigenvalue weighted by Gasteiger charge is 2.24. The summed E-state index contributed by atoms with van der Waals surface area (Å²) in [5.41, 5.74) is 0. The maximum atomic E-state index is 11.6. The quantitative estimate of drug-likeness (QED) is 0.502. The molecule has 2 atom stereocenters. The van der Waals surface area contributed by atoms with E-state index in [9.17, 15) is 18.4 Å². The Labute approximate surface area is 84.3 Å². The number of alkyl halides is 2. The molecule has 0 aromatic rings. The molecule has 2 unspecified atom stereocenters. The molecule has 0 spiro atoms. The normalized spacial score (nSPS) is 14.5. The number of urea groups is 1. The van der Waals surface area contributed by atoms with E-state index < -0.39 is 37.1 Å². The number of hydrogen-bond donors (Lipinski definition) is 4. The zero-order valence-electron chi connectivity index (χ0n) is 7.91. The molecule has 0 aromatic heterocycles. The molecule has 0 bridgehead atoms. The van der Waals surface area contributed by atoms with Gasteiger partial charge in [-0.2, -0.15) is 0 Å². The second-order valence-electron chi connectivity index (χ2n) is 2.80. The van der Waals surface area contributed by atoms with Crippen molar-refractivity contribution < 1.29 is 28.6 Å². The summed E-state index contributed by atoms with van der Waals surface area (Å²) >= 11 is 0. The van der Waals surface area contributed by atoms with E-state index in [4.69, 9.17) is 10.2 Å². The van der Waals surface area contributed by atoms with Crippen LogP contribution in [-0.2, 0) is 4.79 Å². The summed E-state index contributed by atoms with van der Waals surface area (Å²) in [6, 6.07) is -2.59. The Morgan fingerprint density at radius 3 is 2.27 bits per heavy atom. The van der Waals surface area contributed by atoms with Gasteiger partial charge in [0.2, 0.25) is 0 Å². The van der Waals surface area contributed by atoms with Gasteiger partial charge in [0.05, 0.1) is 12.6 Å². The second-order valence-corrected chi connectivity index (χ2v) is 2.80. The molecule has 0 rings (SSSR count). The van der Waals surface area contributed by atoms with Gasteiger partial charge in [-0.3, -0.25) is 0 Å². The monoisotopic (exact) mass is 226 g/mol. The molecule has 15 heavy (non-hydrogen) atoms. The van der Waals surface area contributed by atoms with E-state index in [1.54, 1.807) is 5.32 Å². The van der Waals surface area contributed by atoms with Crippen LogP contribution in [0.2, 0.25) is 0 Å². The van der Waals surface area contributed by atoms with Gasteiger partial charge in [-0.25, -0.2) is 18.4 Å². The number of hydrogen-bond acceptors (Lipinski definition) is 3. The minimum atomic E-state index is -2.72. The first-order valence-corrected chi connectivity index (χ1v) is 4.08. The van der Waals surface area contributed by atoms with Gasteiger partial charge in [-0.15, -0.1) is 0 Å². The molecule has 0 radical (unpaired) electrons. The van der Waals surface area contributed by atoms with Gasteiger partial charge >= 0.3 is 12.0 Å². The summed E-state index contributed by atoms with van der Waals surface area (Å²) in [5.74, 6) is -1.45. The van der Waals surface area contributed by atoms with Crippen LogP contribution >= 0.6 is 0 Å². The molecule has 0 aromatic carbocycles. The Bertz CT molecular complexity index is 235. The lowest BCUT2D eigenvalue weighted by molar-refractivity contribution is -0.141. The average Bonchev–Trinajstić information content (AvgIpc) is 2.09. The number of aliphatic hydroxyl groups excluding tert-OH is 1. The fraction of sp³-hybridized carbons (Fsp3) is 0.714. The van der Waals surface area contributed by atoms with Crippen molar-refractivity contribution in [2.24, 2.45) is 0 Å². The second kappa shape index (κ2) is 6.12. The van der Waals surface area contributed by atoms with Gasteiger partial charge in [0.1, 0.15) is 0 Å². The molecular formula is C7H12F2N2O4. The predicted octanol–water partition coefficient (Wildman–Crippen LogP) is -0.615. The number of rotatable bonds is 5. The number of carbonyl (C=O) groups is 2.